The predicted octanol–water partition coefficient (Wildman–Crippen LogP) is 3.43. The van der Waals surface area contributed by atoms with Crippen LogP contribution in [-0.2, 0) is 19.1 Å². The molecule has 1 fully saturated rings. The van der Waals surface area contributed by atoms with Crippen molar-refractivity contribution in [1.82, 2.24) is 5.32 Å². The molecule has 1 aliphatic carbocycles. The summed E-state index contributed by atoms with van der Waals surface area (Å²) in [6.45, 7) is 6.50. The molecule has 2 amide bonds. The molecule has 1 saturated carbocycles. The molecule has 1 heterocycles. The standard InChI is InChI=1S/C23H32N2O5/c1-4-23(2,3)15-9-11-16(12-10-15)24-20(26)14-29-21(27)13-19-22(28)25-17-7-5-6-8-18(17)30-19/h5-8,15-16,19H,4,9-14H2,1-3H3,(H,24,26)(H,25,28)/t15?,16?,19-/m0/s1. The number of fused-ring (bicyclic) bond motifs is 1. The zero-order valence-electron chi connectivity index (χ0n) is 18.0. The fourth-order valence-electron chi connectivity index (χ4n) is 4.16. The number of anilines is 1. The Morgan fingerprint density at radius 3 is 2.60 bits per heavy atom. The minimum absolute atomic E-state index is 0.129. The monoisotopic (exact) mass is 416 g/mol. The van der Waals surface area contributed by atoms with E-state index in [1.807, 2.05) is 0 Å². The van der Waals surface area contributed by atoms with E-state index in [0.29, 0.717) is 22.8 Å². The van der Waals surface area contributed by atoms with Crippen LogP contribution < -0.4 is 15.4 Å². The number of para-hydroxylation sites is 2. The molecule has 1 aromatic rings. The highest BCUT2D eigenvalue weighted by Gasteiger charge is 2.33. The van der Waals surface area contributed by atoms with Crippen LogP contribution in [0.3, 0.4) is 0 Å². The smallest absolute Gasteiger partial charge is 0.310 e. The normalized spacial score (nSPS) is 23.6. The molecule has 0 bridgehead atoms. The fraction of sp³-hybridized carbons (Fsp3) is 0.609. The average molecular weight is 417 g/mol. The molecule has 7 nitrogen and oxygen atoms in total. The van der Waals surface area contributed by atoms with Crippen LogP contribution in [0.15, 0.2) is 24.3 Å². The maximum absolute atomic E-state index is 12.2. The number of nitrogens with one attached hydrogen (secondary N) is 2. The largest absolute Gasteiger partial charge is 0.478 e. The Hall–Kier alpha value is -2.57. The van der Waals surface area contributed by atoms with Gasteiger partial charge < -0.3 is 20.1 Å². The number of carbonyl (C=O) groups excluding carboxylic acids is 3. The quantitative estimate of drug-likeness (QED) is 0.664. The zero-order valence-corrected chi connectivity index (χ0v) is 18.0. The summed E-state index contributed by atoms with van der Waals surface area (Å²) in [6.07, 6.45) is 4.03. The molecule has 0 saturated heterocycles. The Balaban J connectivity index is 1.38. The highest BCUT2D eigenvalue weighted by atomic mass is 16.5. The Bertz CT molecular complexity index is 784. The van der Waals surface area contributed by atoms with Gasteiger partial charge in [0, 0.05) is 6.04 Å². The minimum Gasteiger partial charge on any atom is -0.478 e. The van der Waals surface area contributed by atoms with Crippen molar-refractivity contribution in [1.29, 1.82) is 0 Å². The number of benzene rings is 1. The van der Waals surface area contributed by atoms with E-state index in [0.717, 1.165) is 32.1 Å². The highest BCUT2D eigenvalue weighted by molar-refractivity contribution is 5.99. The number of rotatable bonds is 7. The molecule has 30 heavy (non-hydrogen) atoms. The first kappa shape index (κ1) is 22.1. The van der Waals surface area contributed by atoms with Crippen molar-refractivity contribution >= 4 is 23.5 Å². The van der Waals surface area contributed by atoms with Crippen LogP contribution in [0.2, 0.25) is 0 Å². The number of carbonyl (C=O) groups is 3. The molecule has 0 unspecified atom stereocenters. The van der Waals surface area contributed by atoms with E-state index >= 15 is 0 Å². The Morgan fingerprint density at radius 1 is 1.20 bits per heavy atom. The van der Waals surface area contributed by atoms with Crippen LogP contribution in [0.1, 0.15) is 59.3 Å². The summed E-state index contributed by atoms with van der Waals surface area (Å²) >= 11 is 0. The SMILES string of the molecule is CCC(C)(C)C1CCC(NC(=O)COC(=O)C[C@@H]2Oc3ccccc3NC2=O)CC1. The van der Waals surface area contributed by atoms with Gasteiger partial charge >= 0.3 is 5.97 Å². The Kier molecular flexibility index (Phi) is 7.00. The second-order valence-corrected chi connectivity index (χ2v) is 8.91. The van der Waals surface area contributed by atoms with Crippen molar-refractivity contribution in [3.05, 3.63) is 24.3 Å². The van der Waals surface area contributed by atoms with Crippen molar-refractivity contribution in [2.45, 2.75) is 71.4 Å². The van der Waals surface area contributed by atoms with E-state index in [1.165, 1.54) is 0 Å². The van der Waals surface area contributed by atoms with E-state index in [1.54, 1.807) is 24.3 Å². The molecule has 3 rings (SSSR count). The molecule has 0 radical (unpaired) electrons. The van der Waals surface area contributed by atoms with Crippen molar-refractivity contribution in [3.8, 4) is 5.75 Å². The van der Waals surface area contributed by atoms with Crippen LogP contribution in [0, 0.1) is 11.3 Å². The van der Waals surface area contributed by atoms with E-state index < -0.39 is 18.0 Å². The average Bonchev–Trinajstić information content (AvgIpc) is 2.73. The van der Waals surface area contributed by atoms with Crippen molar-refractivity contribution in [3.63, 3.8) is 0 Å². The van der Waals surface area contributed by atoms with Crippen molar-refractivity contribution in [2.24, 2.45) is 11.3 Å². The third-order valence-electron chi connectivity index (χ3n) is 6.53. The summed E-state index contributed by atoms with van der Waals surface area (Å²) in [6, 6.07) is 7.14. The van der Waals surface area contributed by atoms with Gasteiger partial charge in [0.1, 0.15) is 5.75 Å². The van der Waals surface area contributed by atoms with Gasteiger partial charge in [0.2, 0.25) is 0 Å². The van der Waals surface area contributed by atoms with Crippen molar-refractivity contribution < 1.29 is 23.9 Å². The zero-order chi connectivity index (χ0) is 21.7. The highest BCUT2D eigenvalue weighted by Crippen LogP contribution is 2.40. The minimum atomic E-state index is -0.965. The summed E-state index contributed by atoms with van der Waals surface area (Å²) in [5, 5.41) is 5.66. The molecule has 2 aliphatic rings. The molecule has 0 aromatic heterocycles. The van der Waals surface area contributed by atoms with Gasteiger partial charge in [0.15, 0.2) is 12.7 Å². The third-order valence-corrected chi connectivity index (χ3v) is 6.53. The number of amides is 2. The molecular weight excluding hydrogens is 384 g/mol. The second-order valence-electron chi connectivity index (χ2n) is 8.91. The summed E-state index contributed by atoms with van der Waals surface area (Å²) in [4.78, 5) is 36.4. The van der Waals surface area contributed by atoms with Crippen molar-refractivity contribution in [2.75, 3.05) is 11.9 Å². The lowest BCUT2D eigenvalue weighted by molar-refractivity contribution is -0.151. The van der Waals surface area contributed by atoms with Gasteiger partial charge in [0.25, 0.3) is 11.8 Å². The number of esters is 1. The fourth-order valence-corrected chi connectivity index (χ4v) is 4.16. The van der Waals surface area contributed by atoms with E-state index in [4.69, 9.17) is 9.47 Å². The molecule has 2 N–H and O–H groups in total. The molecule has 0 spiro atoms. The van der Waals surface area contributed by atoms with E-state index in [-0.39, 0.29) is 25.0 Å². The summed E-state index contributed by atoms with van der Waals surface area (Å²) in [5.74, 6) is -0.157. The van der Waals surface area contributed by atoms with Crippen LogP contribution in [0.5, 0.6) is 5.75 Å². The molecule has 1 aromatic carbocycles. The summed E-state index contributed by atoms with van der Waals surface area (Å²) in [7, 11) is 0. The molecule has 164 valence electrons. The Labute approximate surface area is 177 Å². The van der Waals surface area contributed by atoms with Crippen LogP contribution in [-0.4, -0.2) is 36.5 Å². The first-order chi connectivity index (χ1) is 14.3. The lowest BCUT2D eigenvalue weighted by Crippen LogP contribution is -2.42. The van der Waals surface area contributed by atoms with Crippen LogP contribution in [0.25, 0.3) is 0 Å². The Morgan fingerprint density at radius 2 is 1.90 bits per heavy atom. The first-order valence-electron chi connectivity index (χ1n) is 10.8. The topological polar surface area (TPSA) is 93.7 Å². The molecule has 1 aliphatic heterocycles. The summed E-state index contributed by atoms with van der Waals surface area (Å²) < 4.78 is 10.6. The van der Waals surface area contributed by atoms with Gasteiger partial charge in [-0.3, -0.25) is 14.4 Å². The van der Waals surface area contributed by atoms with Gasteiger partial charge in [-0.1, -0.05) is 39.3 Å². The predicted molar refractivity (Wildman–Crippen MR) is 113 cm³/mol. The van der Waals surface area contributed by atoms with E-state index in [2.05, 4.69) is 31.4 Å². The van der Waals surface area contributed by atoms with Gasteiger partial charge in [-0.2, -0.15) is 0 Å². The van der Waals surface area contributed by atoms with Gasteiger partial charge in [-0.25, -0.2) is 0 Å². The lowest BCUT2D eigenvalue weighted by atomic mass is 9.69. The first-order valence-corrected chi connectivity index (χ1v) is 10.8. The summed E-state index contributed by atoms with van der Waals surface area (Å²) in [5.41, 5.74) is 0.905. The number of hydrogen-bond acceptors (Lipinski definition) is 5. The van der Waals surface area contributed by atoms with Gasteiger partial charge in [-0.15, -0.1) is 0 Å². The third kappa shape index (κ3) is 5.52. The second kappa shape index (κ2) is 9.49. The van der Waals surface area contributed by atoms with Gasteiger partial charge in [-0.05, 0) is 49.1 Å². The van der Waals surface area contributed by atoms with Crippen LogP contribution in [0.4, 0.5) is 5.69 Å². The number of ether oxygens (including phenoxy) is 2. The molecule has 1 atom stereocenters. The van der Waals surface area contributed by atoms with E-state index in [9.17, 15) is 14.4 Å². The lowest BCUT2D eigenvalue weighted by Gasteiger charge is -2.39. The maximum Gasteiger partial charge on any atom is 0.310 e. The maximum atomic E-state index is 12.2. The number of hydrogen-bond donors (Lipinski definition) is 2. The molecule has 7 heteroatoms. The van der Waals surface area contributed by atoms with Gasteiger partial charge in [0.05, 0.1) is 12.1 Å². The van der Waals surface area contributed by atoms with Crippen LogP contribution >= 0.6 is 0 Å². The molecular formula is C23H32N2O5.